The van der Waals surface area contributed by atoms with Crippen molar-refractivity contribution in [1.29, 1.82) is 0 Å². The molecule has 6 heteroatoms. The van der Waals surface area contributed by atoms with E-state index in [0.29, 0.717) is 19.0 Å². The minimum Gasteiger partial charge on any atom is -0.480 e. The van der Waals surface area contributed by atoms with E-state index >= 15 is 0 Å². The average molecular weight is 270 g/mol. The first kappa shape index (κ1) is 14.1. The van der Waals surface area contributed by atoms with Gasteiger partial charge in [0.1, 0.15) is 6.54 Å². The number of nitrogens with one attached hydrogen (secondary N) is 1. The lowest BCUT2D eigenvalue weighted by Gasteiger charge is -2.40. The minimum atomic E-state index is -0.971. The van der Waals surface area contributed by atoms with Gasteiger partial charge in [0.05, 0.1) is 5.60 Å². The zero-order chi connectivity index (χ0) is 13.9. The molecule has 0 spiro atoms. The largest absolute Gasteiger partial charge is 0.480 e. The minimum absolute atomic E-state index is 0.232. The summed E-state index contributed by atoms with van der Waals surface area (Å²) in [6.45, 7) is 0.767. The Morgan fingerprint density at radius 1 is 1.42 bits per heavy atom. The van der Waals surface area contributed by atoms with E-state index in [4.69, 9.17) is 9.84 Å². The van der Waals surface area contributed by atoms with Crippen LogP contribution in [0, 0.1) is 5.92 Å². The van der Waals surface area contributed by atoms with Gasteiger partial charge in [-0.2, -0.15) is 0 Å². The van der Waals surface area contributed by atoms with Gasteiger partial charge in [-0.25, -0.2) is 4.79 Å². The maximum atomic E-state index is 12.0. The number of carbonyl (C=O) groups is 2. The van der Waals surface area contributed by atoms with Crippen LogP contribution in [0.4, 0.5) is 4.79 Å². The van der Waals surface area contributed by atoms with Crippen LogP contribution in [0.15, 0.2) is 0 Å². The lowest BCUT2D eigenvalue weighted by Crippen LogP contribution is -2.53. The fraction of sp³-hybridized carbons (Fsp3) is 0.846. The Morgan fingerprint density at radius 3 is 2.53 bits per heavy atom. The zero-order valence-corrected chi connectivity index (χ0v) is 11.4. The molecule has 0 aromatic rings. The van der Waals surface area contributed by atoms with Crippen molar-refractivity contribution in [3.05, 3.63) is 0 Å². The third-order valence-electron chi connectivity index (χ3n) is 4.05. The monoisotopic (exact) mass is 270 g/mol. The molecule has 0 unspecified atom stereocenters. The van der Waals surface area contributed by atoms with Gasteiger partial charge in [-0.15, -0.1) is 0 Å². The van der Waals surface area contributed by atoms with Crippen LogP contribution in [-0.4, -0.2) is 54.4 Å². The number of amides is 2. The second-order valence-corrected chi connectivity index (χ2v) is 5.62. The molecule has 0 saturated heterocycles. The molecule has 0 aromatic heterocycles. The van der Waals surface area contributed by atoms with Crippen molar-refractivity contribution in [2.24, 2.45) is 5.92 Å². The van der Waals surface area contributed by atoms with Gasteiger partial charge in [-0.05, 0) is 38.0 Å². The van der Waals surface area contributed by atoms with Gasteiger partial charge in [-0.3, -0.25) is 4.79 Å². The summed E-state index contributed by atoms with van der Waals surface area (Å²) in [5.41, 5.74) is -0.232. The second-order valence-electron chi connectivity index (χ2n) is 5.62. The van der Waals surface area contributed by atoms with Crippen LogP contribution in [0.5, 0.6) is 0 Å². The third-order valence-corrected chi connectivity index (χ3v) is 4.05. The zero-order valence-electron chi connectivity index (χ0n) is 11.4. The van der Waals surface area contributed by atoms with E-state index in [9.17, 15) is 9.59 Å². The van der Waals surface area contributed by atoms with Crippen LogP contribution in [0.1, 0.15) is 32.1 Å². The topological polar surface area (TPSA) is 78.9 Å². The van der Waals surface area contributed by atoms with Crippen LogP contribution in [0.25, 0.3) is 0 Å². The van der Waals surface area contributed by atoms with Crippen molar-refractivity contribution in [2.45, 2.75) is 37.7 Å². The number of ether oxygens (including phenoxy) is 1. The van der Waals surface area contributed by atoms with Gasteiger partial charge in [0, 0.05) is 20.2 Å². The average Bonchev–Trinajstić information content (AvgIpc) is 3.10. The van der Waals surface area contributed by atoms with E-state index in [-0.39, 0.29) is 18.2 Å². The Hall–Kier alpha value is -1.30. The summed E-state index contributed by atoms with van der Waals surface area (Å²) in [5.74, 6) is -0.494. The smallest absolute Gasteiger partial charge is 0.323 e. The molecule has 2 fully saturated rings. The van der Waals surface area contributed by atoms with Gasteiger partial charge in [0.15, 0.2) is 0 Å². The molecule has 2 aliphatic carbocycles. The van der Waals surface area contributed by atoms with Crippen LogP contribution >= 0.6 is 0 Å². The van der Waals surface area contributed by atoms with Crippen LogP contribution in [0.2, 0.25) is 0 Å². The van der Waals surface area contributed by atoms with Crippen LogP contribution in [-0.2, 0) is 9.53 Å². The Labute approximate surface area is 113 Å². The van der Waals surface area contributed by atoms with Crippen molar-refractivity contribution in [3.63, 3.8) is 0 Å². The fourth-order valence-corrected chi connectivity index (χ4v) is 2.37. The van der Waals surface area contributed by atoms with Gasteiger partial charge in [0.25, 0.3) is 0 Å². The molecule has 2 amide bonds. The molecule has 0 heterocycles. The van der Waals surface area contributed by atoms with Gasteiger partial charge >= 0.3 is 12.0 Å². The van der Waals surface area contributed by atoms with E-state index < -0.39 is 5.97 Å². The molecule has 0 aromatic carbocycles. The van der Waals surface area contributed by atoms with Gasteiger partial charge in [-0.1, -0.05) is 0 Å². The predicted octanol–water partition coefficient (Wildman–Crippen LogP) is 1.06. The lowest BCUT2D eigenvalue weighted by molar-refractivity contribution is -0.137. The Bertz CT molecular complexity index is 345. The number of methoxy groups -OCH3 is 1. The predicted molar refractivity (Wildman–Crippen MR) is 68.9 cm³/mol. The highest BCUT2D eigenvalue weighted by Crippen LogP contribution is 2.34. The molecule has 108 valence electrons. The van der Waals surface area contributed by atoms with Crippen molar-refractivity contribution >= 4 is 12.0 Å². The van der Waals surface area contributed by atoms with E-state index in [0.717, 1.165) is 32.1 Å². The first-order valence-corrected chi connectivity index (χ1v) is 6.84. The highest BCUT2D eigenvalue weighted by Gasteiger charge is 2.38. The summed E-state index contributed by atoms with van der Waals surface area (Å²) < 4.78 is 5.43. The molecule has 0 radical (unpaired) electrons. The molecule has 2 aliphatic rings. The van der Waals surface area contributed by atoms with Gasteiger partial charge < -0.3 is 20.1 Å². The number of hydrogen-bond acceptors (Lipinski definition) is 3. The molecule has 0 aliphatic heterocycles. The Morgan fingerprint density at radius 2 is 2.11 bits per heavy atom. The first-order chi connectivity index (χ1) is 9.04. The Balaban J connectivity index is 1.81. The maximum Gasteiger partial charge on any atom is 0.323 e. The number of nitrogens with zero attached hydrogens (tertiary/aromatic N) is 1. The Kier molecular flexibility index (Phi) is 4.29. The third kappa shape index (κ3) is 3.83. The molecule has 0 atom stereocenters. The maximum absolute atomic E-state index is 12.0. The summed E-state index contributed by atoms with van der Waals surface area (Å²) >= 11 is 0. The number of aliphatic carboxylic acids is 1. The molecule has 2 saturated carbocycles. The quantitative estimate of drug-likeness (QED) is 0.725. The number of carbonyl (C=O) groups excluding carboxylic acids is 1. The number of urea groups is 1. The van der Waals surface area contributed by atoms with E-state index in [2.05, 4.69) is 5.32 Å². The fourth-order valence-electron chi connectivity index (χ4n) is 2.37. The highest BCUT2D eigenvalue weighted by atomic mass is 16.5. The van der Waals surface area contributed by atoms with Crippen LogP contribution in [0.3, 0.4) is 0 Å². The number of rotatable bonds is 7. The summed E-state index contributed by atoms with van der Waals surface area (Å²) in [4.78, 5) is 24.2. The molecule has 2 rings (SSSR count). The van der Waals surface area contributed by atoms with Crippen molar-refractivity contribution in [3.8, 4) is 0 Å². The molecule has 0 bridgehead atoms. The molecular formula is C13H22N2O4. The van der Waals surface area contributed by atoms with E-state index in [1.165, 1.54) is 4.90 Å². The normalized spacial score (nSPS) is 20.5. The van der Waals surface area contributed by atoms with E-state index in [1.54, 1.807) is 7.11 Å². The summed E-state index contributed by atoms with van der Waals surface area (Å²) in [6, 6.07) is -0.294. The molecule has 6 nitrogen and oxygen atoms in total. The lowest BCUT2D eigenvalue weighted by atomic mass is 9.80. The van der Waals surface area contributed by atoms with Crippen molar-refractivity contribution in [2.75, 3.05) is 26.7 Å². The standard InChI is InChI=1S/C13H22N2O4/c1-19-13(5-2-6-13)9-14-12(18)15(8-11(16)17)7-10-3-4-10/h10H,2-9H2,1H3,(H,14,18)(H,16,17). The van der Waals surface area contributed by atoms with Crippen LogP contribution < -0.4 is 5.32 Å². The molecule has 2 N–H and O–H groups in total. The first-order valence-electron chi connectivity index (χ1n) is 6.84. The van der Waals surface area contributed by atoms with Crippen molar-refractivity contribution < 1.29 is 19.4 Å². The molecule has 19 heavy (non-hydrogen) atoms. The van der Waals surface area contributed by atoms with E-state index in [1.807, 2.05) is 0 Å². The number of carboxylic acids is 1. The van der Waals surface area contributed by atoms with Gasteiger partial charge in [0.2, 0.25) is 0 Å². The number of hydrogen-bond donors (Lipinski definition) is 2. The highest BCUT2D eigenvalue weighted by molar-refractivity contribution is 5.80. The molecular weight excluding hydrogens is 248 g/mol. The second kappa shape index (κ2) is 5.77. The summed E-state index contributed by atoms with van der Waals surface area (Å²) in [7, 11) is 1.66. The SMILES string of the molecule is COC1(CNC(=O)N(CC(=O)O)CC2CC2)CCC1. The summed E-state index contributed by atoms with van der Waals surface area (Å²) in [6.07, 6.45) is 5.19. The number of carboxylic acid groups (broad SMARTS) is 1. The summed E-state index contributed by atoms with van der Waals surface area (Å²) in [5, 5.41) is 11.7. The van der Waals surface area contributed by atoms with Crippen molar-refractivity contribution in [1.82, 2.24) is 10.2 Å².